The molecule has 0 aromatic rings. The molecule has 0 radical (unpaired) electrons. The largest absolute Gasteiger partial charge is 0.394 e. The zero-order valence-corrected chi connectivity index (χ0v) is 11.9. The molecule has 2 saturated heterocycles. The number of thioether (sulfide) groups is 1. The second kappa shape index (κ2) is 5.31. The van der Waals surface area contributed by atoms with Crippen molar-refractivity contribution in [1.29, 1.82) is 0 Å². The monoisotopic (exact) mass is 271 g/mol. The molecule has 1 aliphatic carbocycles. The molecule has 2 N–H and O–H groups in total. The summed E-state index contributed by atoms with van der Waals surface area (Å²) in [6, 6.07) is 0.550. The fraction of sp³-hybridized carbons (Fsp3) is 1.00. The van der Waals surface area contributed by atoms with E-state index in [1.165, 1.54) is 30.8 Å². The number of aliphatic hydroxyl groups is 1. The molecule has 0 aromatic heterocycles. The number of hydrogen-bond donors (Lipinski definition) is 2. The van der Waals surface area contributed by atoms with Crippen molar-refractivity contribution in [3.8, 4) is 0 Å². The number of aliphatic hydroxyl groups excluding tert-OH is 1. The van der Waals surface area contributed by atoms with Crippen LogP contribution in [0.3, 0.4) is 0 Å². The Hall–Kier alpha value is 0.230. The Morgan fingerprint density at radius 1 is 1.22 bits per heavy atom. The molecule has 104 valence electrons. The van der Waals surface area contributed by atoms with E-state index in [-0.39, 0.29) is 11.1 Å². The van der Waals surface area contributed by atoms with Crippen molar-refractivity contribution in [3.63, 3.8) is 0 Å². The average molecular weight is 271 g/mol. The summed E-state index contributed by atoms with van der Waals surface area (Å²) in [7, 11) is 0. The summed E-state index contributed by atoms with van der Waals surface area (Å²) in [5, 5.41) is 13.3. The summed E-state index contributed by atoms with van der Waals surface area (Å²) in [6.07, 6.45) is 8.22. The van der Waals surface area contributed by atoms with Crippen molar-refractivity contribution in [3.05, 3.63) is 0 Å². The van der Waals surface area contributed by atoms with Crippen molar-refractivity contribution >= 4 is 11.8 Å². The van der Waals surface area contributed by atoms with Crippen molar-refractivity contribution in [1.82, 2.24) is 5.32 Å². The highest BCUT2D eigenvalue weighted by Gasteiger charge is 2.43. The molecular formula is C14H25NO2S. The van der Waals surface area contributed by atoms with Crippen molar-refractivity contribution in [2.45, 2.75) is 62.1 Å². The molecule has 2 aliphatic heterocycles. The molecule has 3 rings (SSSR count). The smallest absolute Gasteiger partial charge is 0.0713 e. The summed E-state index contributed by atoms with van der Waals surface area (Å²) in [5.41, 5.74) is 0.203. The molecule has 0 amide bonds. The zero-order chi connectivity index (χ0) is 12.5. The van der Waals surface area contributed by atoms with E-state index in [4.69, 9.17) is 4.74 Å². The molecule has 3 aliphatic rings. The van der Waals surface area contributed by atoms with Gasteiger partial charge in [-0.25, -0.2) is 0 Å². The van der Waals surface area contributed by atoms with E-state index in [9.17, 15) is 5.11 Å². The minimum Gasteiger partial charge on any atom is -0.394 e. The Kier molecular flexibility index (Phi) is 3.90. The van der Waals surface area contributed by atoms with Crippen LogP contribution in [0.5, 0.6) is 0 Å². The highest BCUT2D eigenvalue weighted by molar-refractivity contribution is 7.99. The van der Waals surface area contributed by atoms with E-state index in [0.29, 0.717) is 12.6 Å². The number of rotatable bonds is 3. The van der Waals surface area contributed by atoms with Gasteiger partial charge in [-0.3, -0.25) is 0 Å². The first-order chi connectivity index (χ1) is 8.76. The first kappa shape index (κ1) is 13.2. The van der Waals surface area contributed by atoms with Crippen LogP contribution < -0.4 is 5.32 Å². The van der Waals surface area contributed by atoms with Gasteiger partial charge in [0.05, 0.1) is 12.2 Å². The van der Waals surface area contributed by atoms with Gasteiger partial charge in [-0.15, -0.1) is 0 Å². The topological polar surface area (TPSA) is 41.5 Å². The second-order valence-corrected chi connectivity index (χ2v) is 7.49. The van der Waals surface area contributed by atoms with Crippen LogP contribution in [-0.4, -0.2) is 47.0 Å². The van der Waals surface area contributed by atoms with E-state index in [1.807, 2.05) is 0 Å². The lowest BCUT2D eigenvalue weighted by Gasteiger charge is -2.49. The summed E-state index contributed by atoms with van der Waals surface area (Å²) in [4.78, 5) is 0. The standard InChI is InChI=1S/C14H25NO2S/c16-11-13(3-1-4-13)15-12-2-7-17-14(10-12)5-8-18-9-6-14/h12,15-16H,1-11H2. The van der Waals surface area contributed by atoms with Gasteiger partial charge in [0, 0.05) is 18.2 Å². The van der Waals surface area contributed by atoms with Gasteiger partial charge < -0.3 is 15.2 Å². The van der Waals surface area contributed by atoms with Gasteiger partial charge in [-0.1, -0.05) is 0 Å². The number of nitrogens with one attached hydrogen (secondary N) is 1. The van der Waals surface area contributed by atoms with Gasteiger partial charge in [0.15, 0.2) is 0 Å². The first-order valence-electron chi connectivity index (χ1n) is 7.36. The highest BCUT2D eigenvalue weighted by atomic mass is 32.2. The predicted octanol–water partition coefficient (Wildman–Crippen LogP) is 1.94. The minimum absolute atomic E-state index is 0.0482. The summed E-state index contributed by atoms with van der Waals surface area (Å²) in [6.45, 7) is 1.19. The first-order valence-corrected chi connectivity index (χ1v) is 8.52. The zero-order valence-electron chi connectivity index (χ0n) is 11.1. The molecule has 4 heteroatoms. The Balaban J connectivity index is 1.59. The maximum absolute atomic E-state index is 9.57. The molecular weight excluding hydrogens is 246 g/mol. The molecule has 0 aromatic carbocycles. The molecule has 1 saturated carbocycles. The van der Waals surface area contributed by atoms with E-state index in [0.717, 1.165) is 32.3 Å². The Morgan fingerprint density at radius 3 is 2.61 bits per heavy atom. The van der Waals surface area contributed by atoms with Gasteiger partial charge in [0.2, 0.25) is 0 Å². The second-order valence-electron chi connectivity index (χ2n) is 6.27. The van der Waals surface area contributed by atoms with Crippen LogP contribution in [0.4, 0.5) is 0 Å². The summed E-state index contributed by atoms with van der Waals surface area (Å²) in [5.74, 6) is 2.50. The van der Waals surface area contributed by atoms with Crippen LogP contribution >= 0.6 is 11.8 Å². The third-order valence-electron chi connectivity index (χ3n) is 5.02. The number of hydrogen-bond acceptors (Lipinski definition) is 4. The van der Waals surface area contributed by atoms with Crippen molar-refractivity contribution in [2.24, 2.45) is 0 Å². The lowest BCUT2D eigenvalue weighted by molar-refractivity contribution is -0.0999. The van der Waals surface area contributed by atoms with Crippen molar-refractivity contribution < 1.29 is 9.84 Å². The lowest BCUT2D eigenvalue weighted by Crippen LogP contribution is -2.60. The fourth-order valence-electron chi connectivity index (χ4n) is 3.63. The maximum Gasteiger partial charge on any atom is 0.0713 e. The predicted molar refractivity (Wildman–Crippen MR) is 75.1 cm³/mol. The molecule has 3 fully saturated rings. The highest BCUT2D eigenvalue weighted by Crippen LogP contribution is 2.39. The lowest BCUT2D eigenvalue weighted by atomic mass is 9.75. The SMILES string of the molecule is OCC1(NC2CCOC3(CCSCC3)C2)CCC1. The number of ether oxygens (including phenoxy) is 1. The van der Waals surface area contributed by atoms with Gasteiger partial charge >= 0.3 is 0 Å². The molecule has 1 unspecified atom stereocenters. The average Bonchev–Trinajstić information content (AvgIpc) is 2.35. The van der Waals surface area contributed by atoms with Gasteiger partial charge in [-0.2, -0.15) is 11.8 Å². The van der Waals surface area contributed by atoms with Crippen LogP contribution in [0.15, 0.2) is 0 Å². The quantitative estimate of drug-likeness (QED) is 0.823. The van der Waals surface area contributed by atoms with Crippen LogP contribution in [0, 0.1) is 0 Å². The molecule has 18 heavy (non-hydrogen) atoms. The van der Waals surface area contributed by atoms with Crippen LogP contribution in [0.2, 0.25) is 0 Å². The van der Waals surface area contributed by atoms with E-state index >= 15 is 0 Å². The summed E-state index contributed by atoms with van der Waals surface area (Å²) >= 11 is 2.06. The van der Waals surface area contributed by atoms with E-state index in [1.54, 1.807) is 0 Å². The van der Waals surface area contributed by atoms with Crippen LogP contribution in [0.1, 0.15) is 44.9 Å². The molecule has 2 heterocycles. The van der Waals surface area contributed by atoms with Crippen LogP contribution in [-0.2, 0) is 4.74 Å². The molecule has 1 spiro atoms. The van der Waals surface area contributed by atoms with E-state index < -0.39 is 0 Å². The van der Waals surface area contributed by atoms with Crippen molar-refractivity contribution in [2.75, 3.05) is 24.7 Å². The third kappa shape index (κ3) is 2.58. The Labute approximate surface area is 114 Å². The molecule has 3 nitrogen and oxygen atoms in total. The fourth-order valence-corrected chi connectivity index (χ4v) is 4.86. The maximum atomic E-state index is 9.57. The van der Waals surface area contributed by atoms with Gasteiger partial charge in [0.25, 0.3) is 0 Å². The normalized spacial score (nSPS) is 34.2. The Bertz CT molecular complexity index is 276. The molecule has 0 bridgehead atoms. The minimum atomic E-state index is 0.0482. The molecule has 1 atom stereocenters. The summed E-state index contributed by atoms with van der Waals surface area (Å²) < 4.78 is 6.12. The van der Waals surface area contributed by atoms with E-state index in [2.05, 4.69) is 17.1 Å². The third-order valence-corrected chi connectivity index (χ3v) is 6.01. The van der Waals surface area contributed by atoms with Gasteiger partial charge in [-0.05, 0) is 56.5 Å². The van der Waals surface area contributed by atoms with Crippen LogP contribution in [0.25, 0.3) is 0 Å². The Morgan fingerprint density at radius 2 is 2.00 bits per heavy atom. The van der Waals surface area contributed by atoms with Gasteiger partial charge in [0.1, 0.15) is 0 Å².